The standard InChI is InChI=1S/C19H29N3O.HI/c1-20-19(22-14-15-10-11-15)21-12-5-13-23-18-9-4-7-16-6-2-3-8-17(16)18;/h2-3,6,8,15,18H,4-5,7,9-14H2,1H3,(H2,20,21,22);1H. The minimum absolute atomic E-state index is 0. The van der Waals surface area contributed by atoms with Gasteiger partial charge in [-0.1, -0.05) is 24.3 Å². The van der Waals surface area contributed by atoms with Crippen molar-refractivity contribution in [1.82, 2.24) is 10.6 Å². The van der Waals surface area contributed by atoms with E-state index >= 15 is 0 Å². The zero-order chi connectivity index (χ0) is 15.9. The van der Waals surface area contributed by atoms with E-state index in [2.05, 4.69) is 39.9 Å². The Morgan fingerprint density at radius 3 is 2.83 bits per heavy atom. The van der Waals surface area contributed by atoms with Gasteiger partial charge in [0, 0.05) is 26.7 Å². The molecule has 134 valence electrons. The molecule has 24 heavy (non-hydrogen) atoms. The largest absolute Gasteiger partial charge is 0.373 e. The van der Waals surface area contributed by atoms with Gasteiger partial charge in [-0.15, -0.1) is 24.0 Å². The molecule has 1 atom stereocenters. The molecule has 0 aromatic heterocycles. The fourth-order valence-electron chi connectivity index (χ4n) is 3.17. The lowest BCUT2D eigenvalue weighted by Gasteiger charge is -2.25. The van der Waals surface area contributed by atoms with Crippen LogP contribution in [0, 0.1) is 5.92 Å². The first-order valence-electron chi connectivity index (χ1n) is 9.00. The first-order valence-corrected chi connectivity index (χ1v) is 9.00. The zero-order valence-electron chi connectivity index (χ0n) is 14.6. The highest BCUT2D eigenvalue weighted by molar-refractivity contribution is 14.0. The van der Waals surface area contributed by atoms with Gasteiger partial charge in [-0.2, -0.15) is 0 Å². The molecule has 0 bridgehead atoms. The maximum atomic E-state index is 6.13. The molecule has 1 unspecified atom stereocenters. The van der Waals surface area contributed by atoms with Crippen LogP contribution in [0.15, 0.2) is 29.3 Å². The van der Waals surface area contributed by atoms with Crippen LogP contribution in [0.25, 0.3) is 0 Å². The second-order valence-electron chi connectivity index (χ2n) is 6.63. The normalized spacial score (nSPS) is 20.0. The van der Waals surface area contributed by atoms with Crippen molar-refractivity contribution in [1.29, 1.82) is 0 Å². The number of benzene rings is 1. The number of halogens is 1. The summed E-state index contributed by atoms with van der Waals surface area (Å²) in [5.74, 6) is 1.78. The number of hydrogen-bond acceptors (Lipinski definition) is 2. The Morgan fingerprint density at radius 2 is 2.04 bits per heavy atom. The highest BCUT2D eigenvalue weighted by Crippen LogP contribution is 2.32. The quantitative estimate of drug-likeness (QED) is 0.293. The summed E-state index contributed by atoms with van der Waals surface area (Å²) < 4.78 is 6.13. The van der Waals surface area contributed by atoms with E-state index in [1.807, 2.05) is 7.05 Å². The molecule has 0 radical (unpaired) electrons. The maximum Gasteiger partial charge on any atom is 0.190 e. The molecule has 0 heterocycles. The van der Waals surface area contributed by atoms with Gasteiger partial charge < -0.3 is 15.4 Å². The van der Waals surface area contributed by atoms with Crippen LogP contribution < -0.4 is 10.6 Å². The van der Waals surface area contributed by atoms with E-state index in [1.54, 1.807) is 0 Å². The van der Waals surface area contributed by atoms with E-state index < -0.39 is 0 Å². The number of nitrogens with zero attached hydrogens (tertiary/aromatic N) is 1. The Labute approximate surface area is 162 Å². The van der Waals surface area contributed by atoms with E-state index in [0.717, 1.165) is 44.4 Å². The highest BCUT2D eigenvalue weighted by atomic mass is 127. The topological polar surface area (TPSA) is 45.7 Å². The minimum atomic E-state index is 0. The molecular formula is C19H30IN3O. The third kappa shape index (κ3) is 5.92. The monoisotopic (exact) mass is 443 g/mol. The molecule has 2 N–H and O–H groups in total. The van der Waals surface area contributed by atoms with Crippen molar-refractivity contribution in [3.63, 3.8) is 0 Å². The summed E-state index contributed by atoms with van der Waals surface area (Å²) in [6, 6.07) is 8.71. The van der Waals surface area contributed by atoms with Crippen LogP contribution in [0.4, 0.5) is 0 Å². The molecule has 3 rings (SSSR count). The molecule has 4 nitrogen and oxygen atoms in total. The molecule has 1 saturated carbocycles. The Balaban J connectivity index is 0.00000208. The summed E-state index contributed by atoms with van der Waals surface area (Å²) in [6.45, 7) is 2.75. The summed E-state index contributed by atoms with van der Waals surface area (Å²) in [5.41, 5.74) is 2.86. The van der Waals surface area contributed by atoms with Gasteiger partial charge in [0.15, 0.2) is 5.96 Å². The Morgan fingerprint density at radius 1 is 1.21 bits per heavy atom. The molecule has 5 heteroatoms. The second kappa shape index (κ2) is 10.2. The van der Waals surface area contributed by atoms with Crippen molar-refractivity contribution in [2.24, 2.45) is 10.9 Å². The molecule has 0 saturated heterocycles. The predicted octanol–water partition coefficient (Wildman–Crippen LogP) is 3.66. The van der Waals surface area contributed by atoms with Gasteiger partial charge in [0.2, 0.25) is 0 Å². The highest BCUT2D eigenvalue weighted by Gasteiger charge is 2.21. The lowest BCUT2D eigenvalue weighted by atomic mass is 9.89. The number of aryl methyl sites for hydroxylation is 1. The molecule has 0 spiro atoms. The maximum absolute atomic E-state index is 6.13. The van der Waals surface area contributed by atoms with Crippen molar-refractivity contribution in [3.05, 3.63) is 35.4 Å². The van der Waals surface area contributed by atoms with Crippen LogP contribution in [0.2, 0.25) is 0 Å². The fraction of sp³-hybridized carbons (Fsp3) is 0.632. The van der Waals surface area contributed by atoms with Crippen LogP contribution in [0.5, 0.6) is 0 Å². The van der Waals surface area contributed by atoms with E-state index in [-0.39, 0.29) is 30.1 Å². The second-order valence-corrected chi connectivity index (χ2v) is 6.63. The number of hydrogen-bond donors (Lipinski definition) is 2. The van der Waals surface area contributed by atoms with Crippen molar-refractivity contribution in [3.8, 4) is 0 Å². The van der Waals surface area contributed by atoms with Crippen LogP contribution in [0.3, 0.4) is 0 Å². The lowest BCUT2D eigenvalue weighted by molar-refractivity contribution is 0.0398. The van der Waals surface area contributed by atoms with Gasteiger partial charge in [-0.05, 0) is 55.6 Å². The molecule has 2 aliphatic rings. The van der Waals surface area contributed by atoms with Crippen molar-refractivity contribution in [2.45, 2.75) is 44.6 Å². The SMILES string of the molecule is CN=C(NCCCOC1CCCc2ccccc21)NCC1CC1.I. The number of nitrogens with one attached hydrogen (secondary N) is 2. The molecule has 1 fully saturated rings. The zero-order valence-corrected chi connectivity index (χ0v) is 16.9. The summed E-state index contributed by atoms with van der Waals surface area (Å²) >= 11 is 0. The van der Waals surface area contributed by atoms with Crippen molar-refractivity contribution in [2.75, 3.05) is 26.7 Å². The molecule has 1 aromatic rings. The Kier molecular flexibility index (Phi) is 8.32. The fourth-order valence-corrected chi connectivity index (χ4v) is 3.17. The van der Waals surface area contributed by atoms with Crippen LogP contribution in [0.1, 0.15) is 49.3 Å². The van der Waals surface area contributed by atoms with Crippen molar-refractivity contribution >= 4 is 29.9 Å². The van der Waals surface area contributed by atoms with Gasteiger partial charge >= 0.3 is 0 Å². The lowest BCUT2D eigenvalue weighted by Crippen LogP contribution is -2.39. The van der Waals surface area contributed by atoms with Gasteiger partial charge in [0.05, 0.1) is 6.10 Å². The summed E-state index contributed by atoms with van der Waals surface area (Å²) in [7, 11) is 1.83. The molecule has 0 amide bonds. The average molecular weight is 443 g/mol. The van der Waals surface area contributed by atoms with E-state index in [4.69, 9.17) is 4.74 Å². The Bertz CT molecular complexity index is 531. The van der Waals surface area contributed by atoms with Gasteiger partial charge in [-0.3, -0.25) is 4.99 Å². The average Bonchev–Trinajstić information content (AvgIpc) is 3.42. The van der Waals surface area contributed by atoms with E-state index in [9.17, 15) is 0 Å². The summed E-state index contributed by atoms with van der Waals surface area (Å²) in [4.78, 5) is 4.26. The molecule has 2 aliphatic carbocycles. The third-order valence-electron chi connectivity index (χ3n) is 4.73. The number of guanidine groups is 1. The summed E-state index contributed by atoms with van der Waals surface area (Å²) in [5, 5.41) is 6.75. The third-order valence-corrected chi connectivity index (χ3v) is 4.73. The minimum Gasteiger partial charge on any atom is -0.373 e. The van der Waals surface area contributed by atoms with Crippen molar-refractivity contribution < 1.29 is 4.74 Å². The van der Waals surface area contributed by atoms with Gasteiger partial charge in [-0.25, -0.2) is 0 Å². The first-order chi connectivity index (χ1) is 11.4. The van der Waals surface area contributed by atoms with Gasteiger partial charge in [0.25, 0.3) is 0 Å². The van der Waals surface area contributed by atoms with Crippen LogP contribution >= 0.6 is 24.0 Å². The van der Waals surface area contributed by atoms with E-state index in [1.165, 1.54) is 36.8 Å². The number of aliphatic imine (C=N–C) groups is 1. The van der Waals surface area contributed by atoms with E-state index in [0.29, 0.717) is 0 Å². The van der Waals surface area contributed by atoms with Crippen LogP contribution in [-0.2, 0) is 11.2 Å². The predicted molar refractivity (Wildman–Crippen MR) is 110 cm³/mol. The van der Waals surface area contributed by atoms with Crippen LogP contribution in [-0.4, -0.2) is 32.7 Å². The number of rotatable bonds is 7. The molecule has 1 aromatic carbocycles. The summed E-state index contributed by atoms with van der Waals surface area (Å²) in [6.07, 6.45) is 7.59. The molecular weight excluding hydrogens is 413 g/mol. The van der Waals surface area contributed by atoms with Gasteiger partial charge in [0.1, 0.15) is 0 Å². The first kappa shape index (κ1) is 19.5. The molecule has 0 aliphatic heterocycles. The number of fused-ring (bicyclic) bond motifs is 1. The number of ether oxygens (including phenoxy) is 1. The Hall–Kier alpha value is -0.820. The smallest absolute Gasteiger partial charge is 0.190 e.